The standard InChI is InChI=1S/C13H18BrN3O/c1-17(9-10-3-2-6-15-7-10)13(18)12-5-4-11(14)8-16-12/h4-5,8,10,15H,2-3,6-7,9H2,1H3. The molecule has 98 valence electrons. The average Bonchev–Trinajstić information content (AvgIpc) is 2.40. The van der Waals surface area contributed by atoms with Crippen molar-refractivity contribution in [1.29, 1.82) is 0 Å². The van der Waals surface area contributed by atoms with Crippen LogP contribution in [0.1, 0.15) is 23.3 Å². The molecule has 0 aliphatic carbocycles. The van der Waals surface area contributed by atoms with Gasteiger partial charge in [-0.2, -0.15) is 0 Å². The van der Waals surface area contributed by atoms with Crippen molar-refractivity contribution in [3.63, 3.8) is 0 Å². The Hall–Kier alpha value is -0.940. The minimum Gasteiger partial charge on any atom is -0.340 e. The molecule has 4 nitrogen and oxygen atoms in total. The first-order valence-electron chi connectivity index (χ1n) is 6.24. The quantitative estimate of drug-likeness (QED) is 0.927. The van der Waals surface area contributed by atoms with Gasteiger partial charge in [-0.05, 0) is 59.9 Å². The van der Waals surface area contributed by atoms with Crippen molar-refractivity contribution in [2.45, 2.75) is 12.8 Å². The summed E-state index contributed by atoms with van der Waals surface area (Å²) in [5.41, 5.74) is 0.504. The van der Waals surface area contributed by atoms with Gasteiger partial charge in [-0.25, -0.2) is 4.98 Å². The van der Waals surface area contributed by atoms with Crippen LogP contribution in [0.2, 0.25) is 0 Å². The molecule has 0 spiro atoms. The van der Waals surface area contributed by atoms with Gasteiger partial charge in [0.05, 0.1) is 0 Å². The van der Waals surface area contributed by atoms with Gasteiger partial charge in [-0.1, -0.05) is 0 Å². The molecule has 0 radical (unpaired) electrons. The number of amides is 1. The Bertz CT molecular complexity index is 401. The fourth-order valence-corrected chi connectivity index (χ4v) is 2.48. The van der Waals surface area contributed by atoms with Crippen molar-refractivity contribution < 1.29 is 4.79 Å². The first-order valence-corrected chi connectivity index (χ1v) is 7.04. The topological polar surface area (TPSA) is 45.2 Å². The van der Waals surface area contributed by atoms with E-state index in [0.29, 0.717) is 11.6 Å². The predicted molar refractivity (Wildman–Crippen MR) is 74.5 cm³/mol. The molecule has 18 heavy (non-hydrogen) atoms. The fraction of sp³-hybridized carbons (Fsp3) is 0.538. The minimum atomic E-state index is -0.00641. The van der Waals surface area contributed by atoms with Crippen molar-refractivity contribution in [1.82, 2.24) is 15.2 Å². The summed E-state index contributed by atoms with van der Waals surface area (Å²) in [6.45, 7) is 2.90. The molecule has 2 heterocycles. The third-order valence-corrected chi connectivity index (χ3v) is 3.69. The number of nitrogens with one attached hydrogen (secondary N) is 1. The van der Waals surface area contributed by atoms with Crippen molar-refractivity contribution in [3.05, 3.63) is 28.5 Å². The van der Waals surface area contributed by atoms with Crippen molar-refractivity contribution in [2.75, 3.05) is 26.7 Å². The zero-order valence-electron chi connectivity index (χ0n) is 10.5. The number of aromatic nitrogens is 1. The average molecular weight is 312 g/mol. The van der Waals surface area contributed by atoms with Crippen molar-refractivity contribution >= 4 is 21.8 Å². The van der Waals surface area contributed by atoms with E-state index in [0.717, 1.165) is 24.1 Å². The summed E-state index contributed by atoms with van der Waals surface area (Å²) in [7, 11) is 1.85. The molecule has 1 aromatic heterocycles. The molecule has 1 aliphatic heterocycles. The monoisotopic (exact) mass is 311 g/mol. The molecule has 1 saturated heterocycles. The van der Waals surface area contributed by atoms with E-state index in [1.165, 1.54) is 12.8 Å². The molecule has 1 aliphatic rings. The van der Waals surface area contributed by atoms with E-state index in [1.54, 1.807) is 17.2 Å². The van der Waals surface area contributed by atoms with Crippen LogP contribution in [0.15, 0.2) is 22.8 Å². The Morgan fingerprint density at radius 2 is 2.44 bits per heavy atom. The van der Waals surface area contributed by atoms with E-state index in [4.69, 9.17) is 0 Å². The molecule has 1 unspecified atom stereocenters. The van der Waals surface area contributed by atoms with E-state index in [-0.39, 0.29) is 5.91 Å². The van der Waals surface area contributed by atoms with Gasteiger partial charge in [0.1, 0.15) is 5.69 Å². The second-order valence-corrected chi connectivity index (χ2v) is 5.68. The molecule has 1 fully saturated rings. The lowest BCUT2D eigenvalue weighted by molar-refractivity contribution is 0.0759. The van der Waals surface area contributed by atoms with E-state index < -0.39 is 0 Å². The van der Waals surface area contributed by atoms with Crippen LogP contribution in [-0.2, 0) is 0 Å². The Morgan fingerprint density at radius 1 is 1.61 bits per heavy atom. The second-order valence-electron chi connectivity index (χ2n) is 4.76. The highest BCUT2D eigenvalue weighted by molar-refractivity contribution is 9.10. The number of rotatable bonds is 3. The van der Waals surface area contributed by atoms with Crippen molar-refractivity contribution in [3.8, 4) is 0 Å². The Morgan fingerprint density at radius 3 is 3.06 bits per heavy atom. The van der Waals surface area contributed by atoms with Gasteiger partial charge in [0.2, 0.25) is 0 Å². The zero-order valence-corrected chi connectivity index (χ0v) is 12.1. The van der Waals surface area contributed by atoms with Crippen LogP contribution in [0.5, 0.6) is 0 Å². The molecule has 0 saturated carbocycles. The summed E-state index contributed by atoms with van der Waals surface area (Å²) in [4.78, 5) is 18.1. The highest BCUT2D eigenvalue weighted by Gasteiger charge is 2.19. The summed E-state index contributed by atoms with van der Waals surface area (Å²) in [6.07, 6.45) is 4.05. The number of pyridine rings is 1. The maximum atomic E-state index is 12.2. The van der Waals surface area contributed by atoms with Crippen LogP contribution in [0, 0.1) is 5.92 Å². The van der Waals surface area contributed by atoms with Crippen LogP contribution in [0.25, 0.3) is 0 Å². The smallest absolute Gasteiger partial charge is 0.272 e. The van der Waals surface area contributed by atoms with Gasteiger partial charge >= 0.3 is 0 Å². The molecule has 1 aromatic rings. The number of hydrogen-bond donors (Lipinski definition) is 1. The Balaban J connectivity index is 1.93. The SMILES string of the molecule is CN(CC1CCCNC1)C(=O)c1ccc(Br)cn1. The summed E-state index contributed by atoms with van der Waals surface area (Å²) in [5, 5.41) is 3.37. The molecule has 2 rings (SSSR count). The first-order chi connectivity index (χ1) is 8.66. The van der Waals surface area contributed by atoms with Gasteiger partial charge < -0.3 is 10.2 Å². The van der Waals surface area contributed by atoms with E-state index in [9.17, 15) is 4.79 Å². The maximum absolute atomic E-state index is 12.2. The number of piperidine rings is 1. The molecule has 1 atom stereocenters. The third-order valence-electron chi connectivity index (χ3n) is 3.22. The summed E-state index contributed by atoms with van der Waals surface area (Å²) >= 11 is 3.32. The summed E-state index contributed by atoms with van der Waals surface area (Å²) < 4.78 is 0.887. The Kier molecular flexibility index (Phi) is 4.72. The van der Waals surface area contributed by atoms with E-state index >= 15 is 0 Å². The van der Waals surface area contributed by atoms with Gasteiger partial charge in [-0.15, -0.1) is 0 Å². The Labute approximate surface area is 116 Å². The molecule has 1 amide bonds. The first kappa shape index (κ1) is 13.5. The van der Waals surface area contributed by atoms with Crippen LogP contribution in [-0.4, -0.2) is 42.5 Å². The zero-order chi connectivity index (χ0) is 13.0. The number of carbonyl (C=O) groups excluding carboxylic acids is 1. The summed E-state index contributed by atoms with van der Waals surface area (Å²) in [5.74, 6) is 0.552. The lowest BCUT2D eigenvalue weighted by Crippen LogP contribution is -2.39. The van der Waals surface area contributed by atoms with Gasteiger partial charge in [0.15, 0.2) is 0 Å². The van der Waals surface area contributed by atoms with Crippen molar-refractivity contribution in [2.24, 2.45) is 5.92 Å². The van der Waals surface area contributed by atoms with E-state index in [1.807, 2.05) is 13.1 Å². The second kappa shape index (κ2) is 6.29. The number of halogens is 1. The molecular weight excluding hydrogens is 294 g/mol. The molecule has 0 aromatic carbocycles. The maximum Gasteiger partial charge on any atom is 0.272 e. The minimum absolute atomic E-state index is 0.00641. The fourth-order valence-electron chi connectivity index (χ4n) is 2.25. The van der Waals surface area contributed by atoms with Gasteiger partial charge in [0, 0.05) is 24.3 Å². The number of nitrogens with zero attached hydrogens (tertiary/aromatic N) is 2. The largest absolute Gasteiger partial charge is 0.340 e. The van der Waals surface area contributed by atoms with Crippen LogP contribution in [0.4, 0.5) is 0 Å². The van der Waals surface area contributed by atoms with Crippen LogP contribution in [0.3, 0.4) is 0 Å². The molecule has 0 bridgehead atoms. The molecule has 5 heteroatoms. The predicted octanol–water partition coefficient (Wildman–Crippen LogP) is 1.92. The number of carbonyl (C=O) groups is 1. The third kappa shape index (κ3) is 3.53. The summed E-state index contributed by atoms with van der Waals surface area (Å²) in [6, 6.07) is 3.60. The molecular formula is C13H18BrN3O. The lowest BCUT2D eigenvalue weighted by atomic mass is 9.99. The lowest BCUT2D eigenvalue weighted by Gasteiger charge is -2.27. The van der Waals surface area contributed by atoms with Gasteiger partial charge in [0.25, 0.3) is 5.91 Å². The normalized spacial score (nSPS) is 19.6. The highest BCUT2D eigenvalue weighted by Crippen LogP contribution is 2.13. The highest BCUT2D eigenvalue weighted by atomic mass is 79.9. The van der Waals surface area contributed by atoms with E-state index in [2.05, 4.69) is 26.2 Å². The molecule has 1 N–H and O–H groups in total. The van der Waals surface area contributed by atoms with Gasteiger partial charge in [-0.3, -0.25) is 4.79 Å². The van der Waals surface area contributed by atoms with Crippen LogP contribution >= 0.6 is 15.9 Å². The number of hydrogen-bond acceptors (Lipinski definition) is 3. The van der Waals surface area contributed by atoms with Crippen LogP contribution < -0.4 is 5.32 Å².